The lowest BCUT2D eigenvalue weighted by atomic mass is 10.2. The molecule has 0 atom stereocenters. The molecule has 0 aliphatic carbocycles. The summed E-state index contributed by atoms with van der Waals surface area (Å²) < 4.78 is 28.6. The Morgan fingerprint density at radius 1 is 1.10 bits per heavy atom. The van der Waals surface area contributed by atoms with Crippen LogP contribution in [0.2, 0.25) is 0 Å². The van der Waals surface area contributed by atoms with E-state index in [9.17, 15) is 18.4 Å². The van der Waals surface area contributed by atoms with Gasteiger partial charge >= 0.3 is 0 Å². The molecular formula is C21H18F2N4O2. The van der Waals surface area contributed by atoms with Crippen molar-refractivity contribution in [2.24, 2.45) is 0 Å². The van der Waals surface area contributed by atoms with E-state index < -0.39 is 17.5 Å². The molecule has 148 valence electrons. The Morgan fingerprint density at radius 2 is 1.90 bits per heavy atom. The topological polar surface area (TPSA) is 67.2 Å². The Balaban J connectivity index is 1.45. The molecule has 0 fully saturated rings. The first kappa shape index (κ1) is 18.8. The molecule has 1 N–H and O–H groups in total. The number of rotatable bonds is 5. The molecule has 0 bridgehead atoms. The van der Waals surface area contributed by atoms with Gasteiger partial charge in [0.05, 0.1) is 0 Å². The standard InChI is InChI=1S/C21H18F2N4O2/c22-16-6-7-17(23)15(10-16)11-24-20(28)18-13-26-8-9-27(21(29)19(26)25-18)12-14-4-2-1-3-5-14/h1-7,10,13H,8-9,11-12H2,(H,24,28). The van der Waals surface area contributed by atoms with E-state index >= 15 is 0 Å². The lowest BCUT2D eigenvalue weighted by Crippen LogP contribution is -2.39. The van der Waals surface area contributed by atoms with Gasteiger partial charge in [-0.25, -0.2) is 13.8 Å². The summed E-state index contributed by atoms with van der Waals surface area (Å²) >= 11 is 0. The summed E-state index contributed by atoms with van der Waals surface area (Å²) in [4.78, 5) is 31.0. The summed E-state index contributed by atoms with van der Waals surface area (Å²) in [6.07, 6.45) is 1.50. The number of benzene rings is 2. The van der Waals surface area contributed by atoms with Crippen molar-refractivity contribution in [2.45, 2.75) is 19.6 Å². The summed E-state index contributed by atoms with van der Waals surface area (Å²) in [5.41, 5.74) is 1.11. The van der Waals surface area contributed by atoms with Crippen LogP contribution < -0.4 is 5.32 Å². The fourth-order valence-electron chi connectivity index (χ4n) is 3.24. The van der Waals surface area contributed by atoms with E-state index in [1.54, 1.807) is 9.47 Å². The fourth-order valence-corrected chi connectivity index (χ4v) is 3.24. The van der Waals surface area contributed by atoms with Crippen LogP contribution in [-0.4, -0.2) is 32.8 Å². The van der Waals surface area contributed by atoms with E-state index in [2.05, 4.69) is 10.3 Å². The van der Waals surface area contributed by atoms with Gasteiger partial charge in [-0.3, -0.25) is 9.59 Å². The maximum absolute atomic E-state index is 13.7. The molecular weight excluding hydrogens is 378 g/mol. The van der Waals surface area contributed by atoms with Crippen molar-refractivity contribution < 1.29 is 18.4 Å². The van der Waals surface area contributed by atoms with Crippen molar-refractivity contribution in [3.05, 3.63) is 89.0 Å². The van der Waals surface area contributed by atoms with E-state index in [1.807, 2.05) is 30.3 Å². The second-order valence-corrected chi connectivity index (χ2v) is 6.77. The molecule has 3 aromatic rings. The highest BCUT2D eigenvalue weighted by Gasteiger charge is 2.28. The number of halogens is 2. The number of nitrogens with one attached hydrogen (secondary N) is 1. The molecule has 29 heavy (non-hydrogen) atoms. The van der Waals surface area contributed by atoms with Crippen molar-refractivity contribution in [2.75, 3.05) is 6.54 Å². The van der Waals surface area contributed by atoms with Crippen LogP contribution in [0.1, 0.15) is 32.2 Å². The molecule has 0 unspecified atom stereocenters. The van der Waals surface area contributed by atoms with Crippen LogP contribution >= 0.6 is 0 Å². The zero-order chi connectivity index (χ0) is 20.4. The highest BCUT2D eigenvalue weighted by Crippen LogP contribution is 2.16. The highest BCUT2D eigenvalue weighted by molar-refractivity contribution is 5.96. The normalized spacial score (nSPS) is 13.3. The first-order valence-corrected chi connectivity index (χ1v) is 9.14. The number of nitrogens with zero attached hydrogens (tertiary/aromatic N) is 3. The monoisotopic (exact) mass is 396 g/mol. The number of hydrogen-bond donors (Lipinski definition) is 1. The van der Waals surface area contributed by atoms with Crippen LogP contribution in [0.15, 0.2) is 54.7 Å². The predicted molar refractivity (Wildman–Crippen MR) is 101 cm³/mol. The minimum atomic E-state index is -0.609. The Labute approximate surface area is 165 Å². The largest absolute Gasteiger partial charge is 0.346 e. The van der Waals surface area contributed by atoms with Gasteiger partial charge in [0.2, 0.25) is 0 Å². The van der Waals surface area contributed by atoms with Crippen molar-refractivity contribution in [3.63, 3.8) is 0 Å². The average Bonchev–Trinajstić information content (AvgIpc) is 3.17. The molecule has 6 nitrogen and oxygen atoms in total. The molecule has 1 aromatic heterocycles. The van der Waals surface area contributed by atoms with E-state index in [0.29, 0.717) is 19.6 Å². The molecule has 0 saturated heterocycles. The Bertz CT molecular complexity index is 1070. The van der Waals surface area contributed by atoms with Gasteiger partial charge in [0, 0.05) is 37.9 Å². The average molecular weight is 396 g/mol. The minimum Gasteiger partial charge on any atom is -0.346 e. The van der Waals surface area contributed by atoms with Gasteiger partial charge in [0.1, 0.15) is 17.3 Å². The Hall–Kier alpha value is -3.55. The number of carbonyl (C=O) groups is 2. The SMILES string of the molecule is O=C(NCc1cc(F)ccc1F)c1cn2c(n1)C(=O)N(Cc1ccccc1)CC2. The van der Waals surface area contributed by atoms with Crippen LogP contribution in [0.5, 0.6) is 0 Å². The lowest BCUT2D eigenvalue weighted by molar-refractivity contribution is 0.0683. The molecule has 0 saturated carbocycles. The van der Waals surface area contributed by atoms with Crippen LogP contribution in [0.25, 0.3) is 0 Å². The lowest BCUT2D eigenvalue weighted by Gasteiger charge is -2.27. The number of amides is 2. The van der Waals surface area contributed by atoms with Gasteiger partial charge in [-0.1, -0.05) is 30.3 Å². The predicted octanol–water partition coefficient (Wildman–Crippen LogP) is 2.75. The molecule has 0 radical (unpaired) electrons. The van der Waals surface area contributed by atoms with E-state index in [4.69, 9.17) is 0 Å². The summed E-state index contributed by atoms with van der Waals surface area (Å²) in [5, 5.41) is 2.51. The van der Waals surface area contributed by atoms with Crippen molar-refractivity contribution in [1.29, 1.82) is 0 Å². The Kier molecular flexibility index (Phi) is 5.07. The van der Waals surface area contributed by atoms with Crippen LogP contribution in [0, 0.1) is 11.6 Å². The van der Waals surface area contributed by atoms with E-state index in [-0.39, 0.29) is 29.5 Å². The molecule has 2 aromatic carbocycles. The van der Waals surface area contributed by atoms with Gasteiger partial charge in [-0.2, -0.15) is 0 Å². The maximum Gasteiger partial charge on any atom is 0.290 e. The van der Waals surface area contributed by atoms with Crippen LogP contribution in [-0.2, 0) is 19.6 Å². The fraction of sp³-hybridized carbons (Fsp3) is 0.190. The van der Waals surface area contributed by atoms with Gasteiger partial charge < -0.3 is 14.8 Å². The number of aromatic nitrogens is 2. The number of fused-ring (bicyclic) bond motifs is 1. The third-order valence-corrected chi connectivity index (χ3v) is 4.76. The summed E-state index contributed by atoms with van der Waals surface area (Å²) in [5.74, 6) is -1.82. The van der Waals surface area contributed by atoms with Gasteiger partial charge in [0.25, 0.3) is 11.8 Å². The van der Waals surface area contributed by atoms with Crippen molar-refractivity contribution >= 4 is 11.8 Å². The van der Waals surface area contributed by atoms with E-state index in [0.717, 1.165) is 23.8 Å². The first-order valence-electron chi connectivity index (χ1n) is 9.14. The minimum absolute atomic E-state index is 0.0347. The molecule has 1 aliphatic heterocycles. The smallest absolute Gasteiger partial charge is 0.290 e. The van der Waals surface area contributed by atoms with Gasteiger partial charge in [-0.15, -0.1) is 0 Å². The third kappa shape index (κ3) is 4.01. The number of imidazole rings is 1. The molecule has 0 spiro atoms. The molecule has 4 rings (SSSR count). The molecule has 2 amide bonds. The van der Waals surface area contributed by atoms with Crippen molar-refractivity contribution in [1.82, 2.24) is 19.8 Å². The second kappa shape index (κ2) is 7.83. The molecule has 1 aliphatic rings. The molecule has 2 heterocycles. The molecule has 8 heteroatoms. The van der Waals surface area contributed by atoms with E-state index in [1.165, 1.54) is 6.20 Å². The van der Waals surface area contributed by atoms with Crippen LogP contribution in [0.3, 0.4) is 0 Å². The maximum atomic E-state index is 13.7. The van der Waals surface area contributed by atoms with Crippen LogP contribution in [0.4, 0.5) is 8.78 Å². The van der Waals surface area contributed by atoms with Gasteiger partial charge in [0.15, 0.2) is 5.82 Å². The Morgan fingerprint density at radius 3 is 2.69 bits per heavy atom. The quantitative estimate of drug-likeness (QED) is 0.721. The summed E-state index contributed by atoms with van der Waals surface area (Å²) in [6.45, 7) is 1.31. The third-order valence-electron chi connectivity index (χ3n) is 4.76. The number of hydrogen-bond acceptors (Lipinski definition) is 3. The zero-order valence-electron chi connectivity index (χ0n) is 15.4. The van der Waals surface area contributed by atoms with Gasteiger partial charge in [-0.05, 0) is 23.8 Å². The summed E-state index contributed by atoms with van der Waals surface area (Å²) in [6, 6.07) is 12.7. The zero-order valence-corrected chi connectivity index (χ0v) is 15.4. The summed E-state index contributed by atoms with van der Waals surface area (Å²) in [7, 11) is 0. The first-order chi connectivity index (χ1) is 14.0. The van der Waals surface area contributed by atoms with Crippen molar-refractivity contribution in [3.8, 4) is 0 Å². The second-order valence-electron chi connectivity index (χ2n) is 6.77. The highest BCUT2D eigenvalue weighted by atomic mass is 19.1. The number of carbonyl (C=O) groups excluding carboxylic acids is 2.